The van der Waals surface area contributed by atoms with Gasteiger partial charge in [0.2, 0.25) is 0 Å². The van der Waals surface area contributed by atoms with Crippen LogP contribution in [0.4, 0.5) is 10.1 Å². The lowest BCUT2D eigenvalue weighted by Gasteiger charge is -2.06. The van der Waals surface area contributed by atoms with E-state index < -0.39 is 0 Å². The molecule has 1 aliphatic rings. The molecule has 1 heterocycles. The van der Waals surface area contributed by atoms with Crippen LogP contribution in [0.15, 0.2) is 18.2 Å². The second kappa shape index (κ2) is 3.34. The molecule has 3 heteroatoms. The summed E-state index contributed by atoms with van der Waals surface area (Å²) in [5.41, 5.74) is 1.99. The van der Waals surface area contributed by atoms with Gasteiger partial charge in [0.25, 0.3) is 0 Å². The second-order valence-electron chi connectivity index (χ2n) is 3.32. The van der Waals surface area contributed by atoms with E-state index >= 15 is 0 Å². The summed E-state index contributed by atoms with van der Waals surface area (Å²) in [6, 6.07) is 4.75. The van der Waals surface area contributed by atoms with E-state index in [1.807, 2.05) is 0 Å². The summed E-state index contributed by atoms with van der Waals surface area (Å²) < 4.78 is 12.9. The summed E-state index contributed by atoms with van der Waals surface area (Å²) in [6.45, 7) is 0.960. The van der Waals surface area contributed by atoms with Gasteiger partial charge in [0, 0.05) is 24.8 Å². The Hall–Kier alpha value is -1.09. The van der Waals surface area contributed by atoms with Crippen LogP contribution in [0.2, 0.25) is 0 Å². The van der Waals surface area contributed by atoms with E-state index in [1.165, 1.54) is 6.07 Å². The normalized spacial score (nSPS) is 19.7. The molecular weight excluding hydrogens is 169 g/mol. The minimum atomic E-state index is -0.203. The van der Waals surface area contributed by atoms with E-state index in [0.717, 1.165) is 17.8 Å². The van der Waals surface area contributed by atoms with Crippen molar-refractivity contribution in [2.45, 2.75) is 12.3 Å². The quantitative estimate of drug-likeness (QED) is 0.728. The van der Waals surface area contributed by atoms with Crippen LogP contribution in [0.1, 0.15) is 17.9 Å². The molecule has 1 atom stereocenters. The van der Waals surface area contributed by atoms with Crippen molar-refractivity contribution in [3.63, 3.8) is 0 Å². The van der Waals surface area contributed by atoms with Gasteiger partial charge in [-0.2, -0.15) is 0 Å². The third kappa shape index (κ3) is 1.52. The summed E-state index contributed by atoms with van der Waals surface area (Å²) >= 11 is 0. The van der Waals surface area contributed by atoms with E-state index in [9.17, 15) is 4.39 Å². The lowest BCUT2D eigenvalue weighted by Crippen LogP contribution is -2.03. The molecule has 0 fully saturated rings. The predicted octanol–water partition coefficient (Wildman–Crippen LogP) is 1.72. The molecule has 0 aliphatic carbocycles. The lowest BCUT2D eigenvalue weighted by molar-refractivity contribution is 0.278. The Balaban J connectivity index is 2.29. The molecular formula is C10H12FNO. The Morgan fingerprint density at radius 1 is 1.54 bits per heavy atom. The van der Waals surface area contributed by atoms with Crippen molar-refractivity contribution in [2.24, 2.45) is 0 Å². The molecule has 0 amide bonds. The maximum Gasteiger partial charge on any atom is 0.123 e. The first kappa shape index (κ1) is 8.51. The Morgan fingerprint density at radius 2 is 2.38 bits per heavy atom. The number of halogens is 1. The fraction of sp³-hybridized carbons (Fsp3) is 0.400. The van der Waals surface area contributed by atoms with Crippen molar-refractivity contribution >= 4 is 5.69 Å². The molecule has 1 aromatic carbocycles. The summed E-state index contributed by atoms with van der Waals surface area (Å²) in [5, 5.41) is 12.0. The van der Waals surface area contributed by atoms with Gasteiger partial charge in [-0.15, -0.1) is 0 Å². The van der Waals surface area contributed by atoms with Crippen LogP contribution in [0.5, 0.6) is 0 Å². The molecule has 2 N–H and O–H groups in total. The number of aliphatic hydroxyl groups excluding tert-OH is 1. The van der Waals surface area contributed by atoms with Crippen molar-refractivity contribution in [3.8, 4) is 0 Å². The highest BCUT2D eigenvalue weighted by atomic mass is 19.1. The summed E-state index contributed by atoms with van der Waals surface area (Å²) in [7, 11) is 0. The number of nitrogens with one attached hydrogen (secondary N) is 1. The molecule has 0 saturated heterocycles. The Morgan fingerprint density at radius 3 is 3.15 bits per heavy atom. The van der Waals surface area contributed by atoms with Gasteiger partial charge in [0.1, 0.15) is 5.82 Å². The van der Waals surface area contributed by atoms with Crippen LogP contribution < -0.4 is 5.32 Å². The number of anilines is 1. The van der Waals surface area contributed by atoms with Gasteiger partial charge in [-0.3, -0.25) is 0 Å². The monoisotopic (exact) mass is 181 g/mol. The highest BCUT2D eigenvalue weighted by Crippen LogP contribution is 2.33. The van der Waals surface area contributed by atoms with E-state index in [4.69, 9.17) is 5.11 Å². The second-order valence-corrected chi connectivity index (χ2v) is 3.32. The zero-order valence-electron chi connectivity index (χ0n) is 7.26. The minimum Gasteiger partial charge on any atom is -0.396 e. The first-order valence-electron chi connectivity index (χ1n) is 4.45. The molecule has 13 heavy (non-hydrogen) atoms. The van der Waals surface area contributed by atoms with Crippen LogP contribution >= 0.6 is 0 Å². The number of rotatable bonds is 2. The smallest absolute Gasteiger partial charge is 0.123 e. The number of benzene rings is 1. The molecule has 0 aromatic heterocycles. The van der Waals surface area contributed by atoms with Crippen molar-refractivity contribution in [2.75, 3.05) is 18.5 Å². The first-order valence-corrected chi connectivity index (χ1v) is 4.45. The molecule has 0 unspecified atom stereocenters. The SMILES string of the molecule is OCC[C@@H]1CNc2ccc(F)cc21. The zero-order chi connectivity index (χ0) is 9.26. The molecule has 0 radical (unpaired) electrons. The van der Waals surface area contributed by atoms with Crippen LogP contribution in [-0.4, -0.2) is 18.3 Å². The third-order valence-electron chi connectivity index (χ3n) is 2.47. The van der Waals surface area contributed by atoms with Gasteiger partial charge in [-0.1, -0.05) is 0 Å². The Bertz CT molecular complexity index is 312. The molecule has 0 saturated carbocycles. The standard InChI is InChI=1S/C10H12FNO/c11-8-1-2-10-9(5-8)7(3-4-13)6-12-10/h1-2,5,7,12-13H,3-4,6H2/t7-/m1/s1. The molecule has 1 aromatic rings. The average molecular weight is 181 g/mol. The summed E-state index contributed by atoms with van der Waals surface area (Å²) in [4.78, 5) is 0. The predicted molar refractivity (Wildman–Crippen MR) is 49.3 cm³/mol. The largest absolute Gasteiger partial charge is 0.396 e. The Kier molecular flexibility index (Phi) is 2.19. The highest BCUT2D eigenvalue weighted by Gasteiger charge is 2.21. The first-order chi connectivity index (χ1) is 6.31. The molecule has 2 rings (SSSR count). The molecule has 70 valence electrons. The third-order valence-corrected chi connectivity index (χ3v) is 2.47. The van der Waals surface area contributed by atoms with Crippen molar-refractivity contribution < 1.29 is 9.50 Å². The van der Waals surface area contributed by atoms with Crippen LogP contribution in [0, 0.1) is 5.82 Å². The Labute approximate surface area is 76.4 Å². The van der Waals surface area contributed by atoms with Gasteiger partial charge >= 0.3 is 0 Å². The fourth-order valence-corrected chi connectivity index (χ4v) is 1.79. The minimum absolute atomic E-state index is 0.155. The number of hydrogen-bond donors (Lipinski definition) is 2. The van der Waals surface area contributed by atoms with E-state index in [-0.39, 0.29) is 18.3 Å². The number of fused-ring (bicyclic) bond motifs is 1. The van der Waals surface area contributed by atoms with Gasteiger partial charge in [0.05, 0.1) is 0 Å². The van der Waals surface area contributed by atoms with Crippen LogP contribution in [0.25, 0.3) is 0 Å². The zero-order valence-corrected chi connectivity index (χ0v) is 7.26. The topological polar surface area (TPSA) is 32.3 Å². The molecule has 0 bridgehead atoms. The van der Waals surface area contributed by atoms with E-state index in [1.54, 1.807) is 12.1 Å². The van der Waals surface area contributed by atoms with Gasteiger partial charge in [-0.25, -0.2) is 4.39 Å². The number of hydrogen-bond acceptors (Lipinski definition) is 2. The maximum atomic E-state index is 12.9. The summed E-state index contributed by atoms with van der Waals surface area (Å²) in [5.74, 6) is 0.0566. The van der Waals surface area contributed by atoms with Gasteiger partial charge < -0.3 is 10.4 Å². The van der Waals surface area contributed by atoms with E-state index in [2.05, 4.69) is 5.32 Å². The number of aliphatic hydroxyl groups is 1. The lowest BCUT2D eigenvalue weighted by atomic mass is 9.98. The molecule has 1 aliphatic heterocycles. The van der Waals surface area contributed by atoms with E-state index in [0.29, 0.717) is 6.42 Å². The van der Waals surface area contributed by atoms with Crippen molar-refractivity contribution in [1.29, 1.82) is 0 Å². The molecule has 0 spiro atoms. The van der Waals surface area contributed by atoms with Crippen LogP contribution in [0.3, 0.4) is 0 Å². The van der Waals surface area contributed by atoms with Gasteiger partial charge in [0.15, 0.2) is 0 Å². The highest BCUT2D eigenvalue weighted by molar-refractivity contribution is 5.57. The van der Waals surface area contributed by atoms with Crippen molar-refractivity contribution in [3.05, 3.63) is 29.6 Å². The van der Waals surface area contributed by atoms with Crippen molar-refractivity contribution in [1.82, 2.24) is 0 Å². The summed E-state index contributed by atoms with van der Waals surface area (Å²) in [6.07, 6.45) is 0.698. The van der Waals surface area contributed by atoms with Gasteiger partial charge in [-0.05, 0) is 30.2 Å². The molecule has 2 nitrogen and oxygen atoms in total. The maximum absolute atomic E-state index is 12.9. The average Bonchev–Trinajstić information content (AvgIpc) is 2.49. The van der Waals surface area contributed by atoms with Crippen LogP contribution in [-0.2, 0) is 0 Å². The fourth-order valence-electron chi connectivity index (χ4n) is 1.79.